The molecule has 1 aromatic carbocycles. The van der Waals surface area contributed by atoms with Gasteiger partial charge >= 0.3 is 5.97 Å². The van der Waals surface area contributed by atoms with E-state index in [-0.39, 0.29) is 5.97 Å². The summed E-state index contributed by atoms with van der Waals surface area (Å²) in [6.45, 7) is 0. The second kappa shape index (κ2) is 5.45. The Bertz CT molecular complexity index is 561. The number of piperidine rings is 1. The van der Waals surface area contributed by atoms with Crippen molar-refractivity contribution < 1.29 is 9.53 Å². The molecule has 3 nitrogen and oxygen atoms in total. The summed E-state index contributed by atoms with van der Waals surface area (Å²) in [4.78, 5) is 15.0. The van der Waals surface area contributed by atoms with E-state index in [1.807, 2.05) is 12.1 Å². The molecule has 0 spiro atoms. The molecule has 2 heterocycles. The first-order valence-electron chi connectivity index (χ1n) is 7.24. The molecule has 2 unspecified atom stereocenters. The molecule has 0 radical (unpaired) electrons. The molecule has 2 aliphatic rings. The van der Waals surface area contributed by atoms with Crippen molar-refractivity contribution in [2.75, 3.05) is 14.2 Å². The Morgan fingerprint density at radius 3 is 2.38 bits per heavy atom. The Morgan fingerprint density at radius 2 is 1.86 bits per heavy atom. The van der Waals surface area contributed by atoms with Gasteiger partial charge in [0.2, 0.25) is 0 Å². The molecule has 0 N–H and O–H groups in total. The Hall–Kier alpha value is -0.770. The Balaban J connectivity index is 2.06. The average molecular weight is 328 g/mol. The molecule has 2 atom stereocenters. The quantitative estimate of drug-likeness (QED) is 0.776. The lowest BCUT2D eigenvalue weighted by Crippen LogP contribution is -2.51. The Kier molecular flexibility index (Phi) is 3.93. The molecule has 2 aliphatic heterocycles. The van der Waals surface area contributed by atoms with Gasteiger partial charge in [-0.1, -0.05) is 29.3 Å². The number of hydrogen-bond donors (Lipinski definition) is 0. The van der Waals surface area contributed by atoms with Crippen LogP contribution in [0.2, 0.25) is 10.0 Å². The number of fused-ring (bicyclic) bond motifs is 2. The first-order valence-corrected chi connectivity index (χ1v) is 7.99. The smallest absolute Gasteiger partial charge is 0.316 e. The van der Waals surface area contributed by atoms with E-state index >= 15 is 0 Å². The molecule has 3 rings (SSSR count). The monoisotopic (exact) mass is 327 g/mol. The molecular weight excluding hydrogens is 309 g/mol. The summed E-state index contributed by atoms with van der Waals surface area (Å²) in [7, 11) is 3.61. The van der Waals surface area contributed by atoms with Crippen molar-refractivity contribution in [2.24, 2.45) is 0 Å². The molecule has 1 aromatic rings. The van der Waals surface area contributed by atoms with Crippen LogP contribution in [0.4, 0.5) is 0 Å². The number of esters is 1. The minimum Gasteiger partial charge on any atom is -0.468 e. The van der Waals surface area contributed by atoms with Crippen LogP contribution in [0.25, 0.3) is 0 Å². The standard InChI is InChI=1S/C16H19Cl2NO2/c1-19-11-4-5-12(19)9-16(8-11,15(20)21-2)10-3-6-13(17)14(18)7-10/h3,6-7,11-12H,4-5,8-9H2,1-2H3. The van der Waals surface area contributed by atoms with Crippen LogP contribution in [0, 0.1) is 0 Å². The minimum absolute atomic E-state index is 0.161. The summed E-state index contributed by atoms with van der Waals surface area (Å²) in [6, 6.07) is 6.36. The van der Waals surface area contributed by atoms with Gasteiger partial charge in [-0.15, -0.1) is 0 Å². The number of benzene rings is 1. The van der Waals surface area contributed by atoms with E-state index in [0.29, 0.717) is 22.1 Å². The van der Waals surface area contributed by atoms with Gasteiger partial charge < -0.3 is 9.64 Å². The number of halogens is 2. The van der Waals surface area contributed by atoms with E-state index in [1.165, 1.54) is 7.11 Å². The topological polar surface area (TPSA) is 29.5 Å². The van der Waals surface area contributed by atoms with Gasteiger partial charge in [0.05, 0.1) is 22.6 Å². The van der Waals surface area contributed by atoms with Gasteiger partial charge in [0.25, 0.3) is 0 Å². The Labute approximate surface area is 135 Å². The van der Waals surface area contributed by atoms with Crippen LogP contribution < -0.4 is 0 Å². The van der Waals surface area contributed by atoms with Crippen LogP contribution in [-0.4, -0.2) is 37.1 Å². The van der Waals surface area contributed by atoms with Crippen LogP contribution in [-0.2, 0) is 14.9 Å². The van der Waals surface area contributed by atoms with Crippen molar-refractivity contribution in [3.63, 3.8) is 0 Å². The lowest BCUT2D eigenvalue weighted by molar-refractivity contribution is -0.150. The minimum atomic E-state index is -0.596. The highest BCUT2D eigenvalue weighted by atomic mass is 35.5. The molecule has 0 aromatic heterocycles. The van der Waals surface area contributed by atoms with Gasteiger partial charge in [-0.3, -0.25) is 4.79 Å². The highest BCUT2D eigenvalue weighted by Crippen LogP contribution is 2.48. The molecule has 2 saturated heterocycles. The van der Waals surface area contributed by atoms with E-state index < -0.39 is 5.41 Å². The van der Waals surface area contributed by atoms with E-state index in [2.05, 4.69) is 11.9 Å². The van der Waals surface area contributed by atoms with Crippen LogP contribution in [0.1, 0.15) is 31.2 Å². The van der Waals surface area contributed by atoms with Crippen LogP contribution in [0.3, 0.4) is 0 Å². The fourth-order valence-electron chi connectivity index (χ4n) is 3.98. The second-order valence-corrected chi connectivity index (χ2v) is 6.98. The van der Waals surface area contributed by atoms with Gasteiger partial charge in [0.15, 0.2) is 0 Å². The number of rotatable bonds is 2. The van der Waals surface area contributed by atoms with Crippen molar-refractivity contribution in [1.29, 1.82) is 0 Å². The molecule has 0 aliphatic carbocycles. The molecule has 21 heavy (non-hydrogen) atoms. The summed E-state index contributed by atoms with van der Waals surface area (Å²) in [5.41, 5.74) is 0.329. The predicted molar refractivity (Wildman–Crippen MR) is 84.0 cm³/mol. The summed E-state index contributed by atoms with van der Waals surface area (Å²) >= 11 is 12.2. The highest BCUT2D eigenvalue weighted by Gasteiger charge is 2.52. The number of methoxy groups -OCH3 is 1. The zero-order valence-electron chi connectivity index (χ0n) is 12.2. The normalized spacial score (nSPS) is 32.2. The summed E-state index contributed by atoms with van der Waals surface area (Å²) in [5, 5.41) is 1.00. The summed E-state index contributed by atoms with van der Waals surface area (Å²) < 4.78 is 5.14. The highest BCUT2D eigenvalue weighted by molar-refractivity contribution is 6.42. The first kappa shape index (κ1) is 15.1. The van der Waals surface area contributed by atoms with Crippen LogP contribution >= 0.6 is 23.2 Å². The first-order chi connectivity index (χ1) is 9.98. The van der Waals surface area contributed by atoms with E-state index in [9.17, 15) is 4.79 Å². The molecule has 114 valence electrons. The SMILES string of the molecule is COC(=O)C1(c2ccc(Cl)c(Cl)c2)CC2CCC(C1)N2C. The number of hydrogen-bond acceptors (Lipinski definition) is 3. The average Bonchev–Trinajstić information content (AvgIpc) is 2.71. The van der Waals surface area contributed by atoms with E-state index in [1.54, 1.807) is 6.07 Å². The largest absolute Gasteiger partial charge is 0.468 e. The maximum Gasteiger partial charge on any atom is 0.316 e. The maximum absolute atomic E-state index is 12.6. The van der Waals surface area contributed by atoms with E-state index in [0.717, 1.165) is 31.2 Å². The summed E-state index contributed by atoms with van der Waals surface area (Å²) in [5.74, 6) is -0.161. The number of nitrogens with zero attached hydrogens (tertiary/aromatic N) is 1. The Morgan fingerprint density at radius 1 is 1.24 bits per heavy atom. The molecule has 0 saturated carbocycles. The van der Waals surface area contributed by atoms with Gasteiger partial charge in [-0.05, 0) is 50.4 Å². The fraction of sp³-hybridized carbons (Fsp3) is 0.562. The lowest BCUT2D eigenvalue weighted by Gasteiger charge is -2.43. The van der Waals surface area contributed by atoms with Gasteiger partial charge in [0.1, 0.15) is 0 Å². The summed E-state index contributed by atoms with van der Waals surface area (Å²) in [6.07, 6.45) is 3.84. The van der Waals surface area contributed by atoms with Crippen LogP contribution in [0.5, 0.6) is 0 Å². The molecular formula is C16H19Cl2NO2. The third-order valence-corrected chi connectivity index (χ3v) is 5.94. The van der Waals surface area contributed by atoms with Crippen molar-refractivity contribution in [3.8, 4) is 0 Å². The van der Waals surface area contributed by atoms with Gasteiger partial charge in [-0.2, -0.15) is 0 Å². The third kappa shape index (κ3) is 2.36. The lowest BCUT2D eigenvalue weighted by atomic mass is 9.70. The van der Waals surface area contributed by atoms with Gasteiger partial charge in [0, 0.05) is 12.1 Å². The molecule has 5 heteroatoms. The fourth-order valence-corrected chi connectivity index (χ4v) is 4.28. The predicted octanol–water partition coefficient (Wildman–Crippen LogP) is 3.66. The zero-order chi connectivity index (χ0) is 15.2. The number of carbonyl (C=O) groups is 1. The van der Waals surface area contributed by atoms with Crippen LogP contribution in [0.15, 0.2) is 18.2 Å². The maximum atomic E-state index is 12.6. The van der Waals surface area contributed by atoms with Gasteiger partial charge in [-0.25, -0.2) is 0 Å². The molecule has 0 amide bonds. The van der Waals surface area contributed by atoms with E-state index in [4.69, 9.17) is 27.9 Å². The second-order valence-electron chi connectivity index (χ2n) is 6.16. The zero-order valence-corrected chi connectivity index (χ0v) is 13.7. The van der Waals surface area contributed by atoms with Crippen molar-refractivity contribution in [1.82, 2.24) is 4.90 Å². The molecule has 2 bridgehead atoms. The van der Waals surface area contributed by atoms with Crippen molar-refractivity contribution in [2.45, 2.75) is 43.2 Å². The number of ether oxygens (including phenoxy) is 1. The molecule has 2 fully saturated rings. The van der Waals surface area contributed by atoms with Crippen molar-refractivity contribution >= 4 is 29.2 Å². The van der Waals surface area contributed by atoms with Crippen molar-refractivity contribution in [3.05, 3.63) is 33.8 Å². The number of carbonyl (C=O) groups excluding carboxylic acids is 1. The third-order valence-electron chi connectivity index (χ3n) is 5.20.